The molecule has 2 aromatic heterocycles. The van der Waals surface area contributed by atoms with E-state index in [0.29, 0.717) is 34.1 Å². The van der Waals surface area contributed by atoms with E-state index in [-0.39, 0.29) is 30.7 Å². The summed E-state index contributed by atoms with van der Waals surface area (Å²) in [5, 5.41) is 32.4. The van der Waals surface area contributed by atoms with Gasteiger partial charge in [0.2, 0.25) is 5.95 Å². The standard InChI is InChI=1S/C24H22Cl2F3N7O3/c25-15-7-5-14(6-8-15)20-33-35(22(38)34(20)11-18(37)24(27,28)29)12-19-31-21(30-13-23(39)9-10-23)36(32-19)17-4-2-1-3-16(17)26/h1-8,18,37,39H,9-13H2,(H,30,31,32)/t18-/m0/s1. The predicted octanol–water partition coefficient (Wildman–Crippen LogP) is 3.51. The zero-order chi connectivity index (χ0) is 27.9. The van der Waals surface area contributed by atoms with Crippen LogP contribution < -0.4 is 11.0 Å². The van der Waals surface area contributed by atoms with Crippen molar-refractivity contribution in [2.24, 2.45) is 0 Å². The Morgan fingerprint density at radius 1 is 1.08 bits per heavy atom. The van der Waals surface area contributed by atoms with Gasteiger partial charge in [-0.1, -0.05) is 35.3 Å². The topological polar surface area (TPSA) is 123 Å². The number of halogens is 5. The summed E-state index contributed by atoms with van der Waals surface area (Å²) < 4.78 is 42.5. The molecule has 2 heterocycles. The average Bonchev–Trinajstić information content (AvgIpc) is 3.37. The Morgan fingerprint density at radius 3 is 2.41 bits per heavy atom. The fraction of sp³-hybridized carbons (Fsp3) is 0.333. The summed E-state index contributed by atoms with van der Waals surface area (Å²) in [6.07, 6.45) is -6.46. The second-order valence-corrected chi connectivity index (χ2v) is 10.1. The van der Waals surface area contributed by atoms with Crippen molar-refractivity contribution in [2.45, 2.75) is 43.8 Å². The summed E-state index contributed by atoms with van der Waals surface area (Å²) in [6, 6.07) is 12.9. The van der Waals surface area contributed by atoms with Gasteiger partial charge in [-0.2, -0.15) is 22.8 Å². The van der Waals surface area contributed by atoms with Crippen molar-refractivity contribution in [1.82, 2.24) is 29.1 Å². The van der Waals surface area contributed by atoms with Crippen LogP contribution in [-0.4, -0.2) is 63.8 Å². The molecule has 3 N–H and O–H groups in total. The minimum absolute atomic E-state index is 0.0974. The third kappa shape index (κ3) is 5.96. The van der Waals surface area contributed by atoms with Gasteiger partial charge in [-0.05, 0) is 49.2 Å². The van der Waals surface area contributed by atoms with Crippen molar-refractivity contribution in [2.75, 3.05) is 11.9 Å². The number of hydrogen-bond acceptors (Lipinski definition) is 7. The molecule has 0 unspecified atom stereocenters. The Hall–Kier alpha value is -3.39. The Balaban J connectivity index is 1.53. The molecule has 10 nitrogen and oxygen atoms in total. The van der Waals surface area contributed by atoms with Crippen LogP contribution in [0, 0.1) is 0 Å². The van der Waals surface area contributed by atoms with Gasteiger partial charge in [-0.15, -0.1) is 10.2 Å². The molecule has 4 aromatic rings. The maximum atomic E-state index is 13.2. The lowest BCUT2D eigenvalue weighted by Crippen LogP contribution is -2.37. The van der Waals surface area contributed by atoms with E-state index in [1.54, 1.807) is 24.3 Å². The van der Waals surface area contributed by atoms with Crippen LogP contribution in [0.3, 0.4) is 0 Å². The number of nitrogens with zero attached hydrogens (tertiary/aromatic N) is 6. The van der Waals surface area contributed by atoms with Crippen LogP contribution in [0.25, 0.3) is 17.1 Å². The quantitative estimate of drug-likeness (QED) is 0.275. The van der Waals surface area contributed by atoms with Gasteiger partial charge >= 0.3 is 11.9 Å². The number of aliphatic hydroxyl groups excluding tert-OH is 1. The molecule has 0 radical (unpaired) electrons. The van der Waals surface area contributed by atoms with Gasteiger partial charge in [0.05, 0.1) is 22.9 Å². The molecule has 0 bridgehead atoms. The largest absolute Gasteiger partial charge is 0.416 e. The zero-order valence-corrected chi connectivity index (χ0v) is 21.6. The Morgan fingerprint density at radius 2 is 1.77 bits per heavy atom. The maximum absolute atomic E-state index is 13.2. The molecule has 206 valence electrons. The number of anilines is 1. The normalized spacial score (nSPS) is 15.4. The molecular formula is C24H22Cl2F3N7O3. The Bertz CT molecular complexity index is 1550. The summed E-state index contributed by atoms with van der Waals surface area (Å²) in [7, 11) is 0. The first-order chi connectivity index (χ1) is 18.4. The van der Waals surface area contributed by atoms with Crippen LogP contribution in [0.1, 0.15) is 18.7 Å². The lowest BCUT2D eigenvalue weighted by atomic mass is 10.2. The second-order valence-electron chi connectivity index (χ2n) is 9.23. The molecule has 2 aromatic carbocycles. The smallest absolute Gasteiger partial charge is 0.388 e. The predicted molar refractivity (Wildman–Crippen MR) is 137 cm³/mol. The molecule has 1 atom stereocenters. The lowest BCUT2D eigenvalue weighted by molar-refractivity contribution is -0.207. The van der Waals surface area contributed by atoms with E-state index in [2.05, 4.69) is 20.5 Å². The highest BCUT2D eigenvalue weighted by Gasteiger charge is 2.41. The number of nitrogens with one attached hydrogen (secondary N) is 1. The molecule has 0 saturated heterocycles. The Kier molecular flexibility index (Phi) is 7.18. The number of aliphatic hydroxyl groups is 2. The van der Waals surface area contributed by atoms with Gasteiger partial charge in [0.25, 0.3) is 0 Å². The van der Waals surface area contributed by atoms with Gasteiger partial charge in [0.1, 0.15) is 6.54 Å². The van der Waals surface area contributed by atoms with E-state index in [0.717, 1.165) is 9.25 Å². The molecule has 0 spiro atoms. The Labute approximate surface area is 229 Å². The van der Waals surface area contributed by atoms with Gasteiger partial charge in [0, 0.05) is 17.1 Å². The molecular weight excluding hydrogens is 562 g/mol. The number of benzene rings is 2. The second kappa shape index (κ2) is 10.3. The first kappa shape index (κ1) is 27.2. The van der Waals surface area contributed by atoms with Gasteiger partial charge in [-0.25, -0.2) is 9.48 Å². The summed E-state index contributed by atoms with van der Waals surface area (Å²) in [5.74, 6) is 0.252. The molecule has 1 fully saturated rings. The first-order valence-electron chi connectivity index (χ1n) is 11.8. The van der Waals surface area contributed by atoms with Crippen molar-refractivity contribution in [1.29, 1.82) is 0 Å². The summed E-state index contributed by atoms with van der Waals surface area (Å²) in [5.41, 5.74) is -0.950. The van der Waals surface area contributed by atoms with E-state index in [4.69, 9.17) is 23.2 Å². The third-order valence-electron chi connectivity index (χ3n) is 6.18. The maximum Gasteiger partial charge on any atom is 0.416 e. The monoisotopic (exact) mass is 583 g/mol. The minimum atomic E-state index is -4.94. The molecule has 1 aliphatic carbocycles. The van der Waals surface area contributed by atoms with Gasteiger partial charge in [0.15, 0.2) is 17.8 Å². The van der Waals surface area contributed by atoms with Crippen molar-refractivity contribution >= 4 is 29.2 Å². The van der Waals surface area contributed by atoms with Crippen molar-refractivity contribution in [3.05, 3.63) is 74.9 Å². The number of para-hydroxylation sites is 1. The molecule has 15 heteroatoms. The minimum Gasteiger partial charge on any atom is -0.388 e. The third-order valence-corrected chi connectivity index (χ3v) is 6.76. The SMILES string of the molecule is O=c1n(Cc2nc(NCC3(O)CC3)n(-c3ccccc3Cl)n2)nc(-c2ccc(Cl)cc2)n1C[C@H](O)C(F)(F)F. The highest BCUT2D eigenvalue weighted by atomic mass is 35.5. The molecule has 1 aliphatic rings. The fourth-order valence-corrected chi connectivity index (χ4v) is 4.17. The molecule has 39 heavy (non-hydrogen) atoms. The summed E-state index contributed by atoms with van der Waals surface area (Å²) in [4.78, 5) is 17.6. The fourth-order valence-electron chi connectivity index (χ4n) is 3.82. The van der Waals surface area contributed by atoms with E-state index in [1.807, 2.05) is 0 Å². The van der Waals surface area contributed by atoms with Crippen LogP contribution >= 0.6 is 23.2 Å². The van der Waals surface area contributed by atoms with Crippen LogP contribution in [-0.2, 0) is 13.1 Å². The zero-order valence-electron chi connectivity index (χ0n) is 20.1. The summed E-state index contributed by atoms with van der Waals surface area (Å²) in [6.45, 7) is -1.15. The van der Waals surface area contributed by atoms with Crippen LogP contribution in [0.15, 0.2) is 53.3 Å². The summed E-state index contributed by atoms with van der Waals surface area (Å²) >= 11 is 12.3. The van der Waals surface area contributed by atoms with Crippen molar-refractivity contribution in [3.8, 4) is 17.1 Å². The molecule has 5 rings (SSSR count). The van der Waals surface area contributed by atoms with Crippen LogP contribution in [0.2, 0.25) is 10.0 Å². The number of hydrogen-bond donors (Lipinski definition) is 3. The average molecular weight is 584 g/mol. The van der Waals surface area contributed by atoms with E-state index in [9.17, 15) is 28.2 Å². The highest BCUT2D eigenvalue weighted by molar-refractivity contribution is 6.32. The number of alkyl halides is 3. The van der Waals surface area contributed by atoms with Crippen molar-refractivity contribution in [3.63, 3.8) is 0 Å². The molecule has 0 aliphatic heterocycles. The molecule has 1 saturated carbocycles. The van der Waals surface area contributed by atoms with E-state index >= 15 is 0 Å². The van der Waals surface area contributed by atoms with Gasteiger partial charge < -0.3 is 15.5 Å². The van der Waals surface area contributed by atoms with Crippen LogP contribution in [0.5, 0.6) is 0 Å². The van der Waals surface area contributed by atoms with Crippen LogP contribution in [0.4, 0.5) is 19.1 Å². The highest BCUT2D eigenvalue weighted by Crippen LogP contribution is 2.35. The van der Waals surface area contributed by atoms with E-state index < -0.39 is 30.1 Å². The molecule has 0 amide bonds. The van der Waals surface area contributed by atoms with Gasteiger partial charge in [-0.3, -0.25) is 4.57 Å². The van der Waals surface area contributed by atoms with E-state index in [1.165, 1.54) is 28.9 Å². The number of aromatic nitrogens is 6. The lowest BCUT2D eigenvalue weighted by Gasteiger charge is -2.15. The number of rotatable bonds is 9. The first-order valence-corrected chi connectivity index (χ1v) is 12.5. The van der Waals surface area contributed by atoms with Crippen molar-refractivity contribution < 1.29 is 23.4 Å².